The number of nitrogens with two attached hydrogens (primary N) is 1. The fourth-order valence-electron chi connectivity index (χ4n) is 3.34. The van der Waals surface area contributed by atoms with Crippen molar-refractivity contribution in [2.45, 2.75) is 38.6 Å². The fourth-order valence-corrected chi connectivity index (χ4v) is 3.34. The zero-order valence-corrected chi connectivity index (χ0v) is 12.9. The van der Waals surface area contributed by atoms with Gasteiger partial charge in [0.2, 0.25) is 6.79 Å². The normalized spacial score (nSPS) is 23.8. The van der Waals surface area contributed by atoms with E-state index < -0.39 is 0 Å². The van der Waals surface area contributed by atoms with E-state index in [-0.39, 0.29) is 6.04 Å². The van der Waals surface area contributed by atoms with Crippen LogP contribution in [-0.4, -0.2) is 31.3 Å². The first-order valence-corrected chi connectivity index (χ1v) is 8.13. The predicted molar refractivity (Wildman–Crippen MR) is 83.6 cm³/mol. The van der Waals surface area contributed by atoms with Gasteiger partial charge in [0.05, 0.1) is 0 Å². The number of fused-ring (bicyclic) bond motifs is 1. The van der Waals surface area contributed by atoms with Gasteiger partial charge in [0, 0.05) is 12.6 Å². The highest BCUT2D eigenvalue weighted by molar-refractivity contribution is 5.45. The van der Waals surface area contributed by atoms with Gasteiger partial charge in [-0.2, -0.15) is 0 Å². The van der Waals surface area contributed by atoms with E-state index >= 15 is 0 Å². The highest BCUT2D eigenvalue weighted by atomic mass is 16.7. The average molecular weight is 290 g/mol. The molecular formula is C17H26N2O2. The molecule has 2 atom stereocenters. The molecule has 4 nitrogen and oxygen atoms in total. The summed E-state index contributed by atoms with van der Waals surface area (Å²) in [6, 6.07) is 6.09. The second-order valence-corrected chi connectivity index (χ2v) is 6.22. The summed E-state index contributed by atoms with van der Waals surface area (Å²) in [5, 5.41) is 0. The van der Waals surface area contributed by atoms with Crippen LogP contribution < -0.4 is 15.2 Å². The molecule has 0 aromatic heterocycles. The van der Waals surface area contributed by atoms with Gasteiger partial charge < -0.3 is 20.1 Å². The Bertz CT molecular complexity index is 478. The van der Waals surface area contributed by atoms with Crippen molar-refractivity contribution in [3.05, 3.63) is 23.8 Å². The molecule has 2 aliphatic rings. The third-order valence-electron chi connectivity index (χ3n) is 4.80. The molecule has 0 spiro atoms. The molecule has 0 saturated carbocycles. The Morgan fingerprint density at radius 3 is 2.95 bits per heavy atom. The average Bonchev–Trinajstić information content (AvgIpc) is 2.86. The zero-order valence-electron chi connectivity index (χ0n) is 12.9. The molecule has 3 rings (SSSR count). The summed E-state index contributed by atoms with van der Waals surface area (Å²) in [5.74, 6) is 2.55. The quantitative estimate of drug-likeness (QED) is 0.926. The molecule has 2 heterocycles. The standard InChI is InChI=1S/C17H26N2O2/c1-2-13-4-3-8-19(9-7-13)11-15(18)14-5-6-16-17(10-14)21-12-20-16/h5-6,10,13,15H,2-4,7-9,11-12,18H2,1H3. The van der Waals surface area contributed by atoms with Gasteiger partial charge in [-0.25, -0.2) is 0 Å². The summed E-state index contributed by atoms with van der Waals surface area (Å²) in [5.41, 5.74) is 7.53. The van der Waals surface area contributed by atoms with E-state index in [0.717, 1.165) is 29.5 Å². The molecule has 1 aromatic carbocycles. The minimum absolute atomic E-state index is 0.0395. The van der Waals surface area contributed by atoms with Gasteiger partial charge in [-0.05, 0) is 56.0 Å². The number of hydrogen-bond acceptors (Lipinski definition) is 4. The largest absolute Gasteiger partial charge is 0.454 e. The maximum atomic E-state index is 6.40. The lowest BCUT2D eigenvalue weighted by Gasteiger charge is -2.24. The molecule has 1 fully saturated rings. The van der Waals surface area contributed by atoms with Crippen LogP contribution in [0.25, 0.3) is 0 Å². The second kappa shape index (κ2) is 6.67. The van der Waals surface area contributed by atoms with Gasteiger partial charge in [0.15, 0.2) is 11.5 Å². The molecule has 4 heteroatoms. The first-order valence-electron chi connectivity index (χ1n) is 8.13. The van der Waals surface area contributed by atoms with Crippen molar-refractivity contribution in [1.82, 2.24) is 4.90 Å². The molecule has 1 aromatic rings. The molecule has 0 bridgehead atoms. The van der Waals surface area contributed by atoms with Crippen molar-refractivity contribution in [2.24, 2.45) is 11.7 Å². The molecular weight excluding hydrogens is 264 g/mol. The van der Waals surface area contributed by atoms with Crippen LogP contribution in [0.5, 0.6) is 11.5 Å². The predicted octanol–water partition coefficient (Wildman–Crippen LogP) is 2.93. The van der Waals surface area contributed by atoms with Crippen molar-refractivity contribution in [1.29, 1.82) is 0 Å². The number of ether oxygens (including phenoxy) is 2. The van der Waals surface area contributed by atoms with E-state index in [0.29, 0.717) is 6.79 Å². The number of nitrogens with zero attached hydrogens (tertiary/aromatic N) is 1. The second-order valence-electron chi connectivity index (χ2n) is 6.22. The number of likely N-dealkylation sites (tertiary alicyclic amines) is 1. The third kappa shape index (κ3) is 3.50. The van der Waals surface area contributed by atoms with Crippen LogP contribution in [0.4, 0.5) is 0 Å². The maximum Gasteiger partial charge on any atom is 0.231 e. The van der Waals surface area contributed by atoms with E-state index in [1.165, 1.54) is 38.8 Å². The molecule has 2 aliphatic heterocycles. The minimum atomic E-state index is 0.0395. The van der Waals surface area contributed by atoms with Gasteiger partial charge in [-0.3, -0.25) is 0 Å². The summed E-state index contributed by atoms with van der Waals surface area (Å²) < 4.78 is 10.8. The lowest BCUT2D eigenvalue weighted by molar-refractivity contribution is 0.174. The summed E-state index contributed by atoms with van der Waals surface area (Å²) in [7, 11) is 0. The van der Waals surface area contributed by atoms with Gasteiger partial charge >= 0.3 is 0 Å². The Hall–Kier alpha value is -1.26. The van der Waals surface area contributed by atoms with Crippen molar-refractivity contribution in [3.63, 3.8) is 0 Å². The lowest BCUT2D eigenvalue weighted by atomic mass is 9.98. The fraction of sp³-hybridized carbons (Fsp3) is 0.647. The van der Waals surface area contributed by atoms with E-state index in [1.807, 2.05) is 12.1 Å². The lowest BCUT2D eigenvalue weighted by Crippen LogP contribution is -2.33. The molecule has 0 radical (unpaired) electrons. The Morgan fingerprint density at radius 1 is 1.24 bits per heavy atom. The summed E-state index contributed by atoms with van der Waals surface area (Å²) in [6.45, 7) is 5.90. The van der Waals surface area contributed by atoms with E-state index in [4.69, 9.17) is 15.2 Å². The van der Waals surface area contributed by atoms with Crippen molar-refractivity contribution < 1.29 is 9.47 Å². The zero-order chi connectivity index (χ0) is 14.7. The smallest absolute Gasteiger partial charge is 0.231 e. The van der Waals surface area contributed by atoms with Gasteiger partial charge in [0.1, 0.15) is 0 Å². The summed E-state index contributed by atoms with van der Waals surface area (Å²) in [4.78, 5) is 2.52. The molecule has 0 aliphatic carbocycles. The van der Waals surface area contributed by atoms with Crippen molar-refractivity contribution >= 4 is 0 Å². The van der Waals surface area contributed by atoms with Crippen LogP contribution >= 0.6 is 0 Å². The van der Waals surface area contributed by atoms with Gasteiger partial charge in [0.25, 0.3) is 0 Å². The monoisotopic (exact) mass is 290 g/mol. The highest BCUT2D eigenvalue weighted by Gasteiger charge is 2.20. The van der Waals surface area contributed by atoms with Crippen LogP contribution in [0.1, 0.15) is 44.2 Å². The van der Waals surface area contributed by atoms with Crippen LogP contribution in [0.3, 0.4) is 0 Å². The summed E-state index contributed by atoms with van der Waals surface area (Å²) >= 11 is 0. The third-order valence-corrected chi connectivity index (χ3v) is 4.80. The molecule has 2 unspecified atom stereocenters. The highest BCUT2D eigenvalue weighted by Crippen LogP contribution is 2.34. The van der Waals surface area contributed by atoms with Crippen LogP contribution in [-0.2, 0) is 0 Å². The Kier molecular flexibility index (Phi) is 4.66. The molecule has 0 amide bonds. The minimum Gasteiger partial charge on any atom is -0.454 e. The Labute approximate surface area is 127 Å². The van der Waals surface area contributed by atoms with Crippen molar-refractivity contribution in [2.75, 3.05) is 26.4 Å². The molecule has 21 heavy (non-hydrogen) atoms. The van der Waals surface area contributed by atoms with Crippen LogP contribution in [0, 0.1) is 5.92 Å². The van der Waals surface area contributed by atoms with Crippen LogP contribution in [0.15, 0.2) is 18.2 Å². The first kappa shape index (κ1) is 14.7. The summed E-state index contributed by atoms with van der Waals surface area (Å²) in [6.07, 6.45) is 5.28. The topological polar surface area (TPSA) is 47.7 Å². The van der Waals surface area contributed by atoms with E-state index in [2.05, 4.69) is 17.9 Å². The van der Waals surface area contributed by atoms with E-state index in [9.17, 15) is 0 Å². The maximum absolute atomic E-state index is 6.40. The van der Waals surface area contributed by atoms with Gasteiger partial charge in [-0.15, -0.1) is 0 Å². The number of rotatable bonds is 4. The number of benzene rings is 1. The van der Waals surface area contributed by atoms with Crippen molar-refractivity contribution in [3.8, 4) is 11.5 Å². The van der Waals surface area contributed by atoms with Crippen LogP contribution in [0.2, 0.25) is 0 Å². The SMILES string of the molecule is CCC1CCCN(CC(N)c2ccc3c(c2)OCO3)CC1. The van der Waals surface area contributed by atoms with Gasteiger partial charge in [-0.1, -0.05) is 19.4 Å². The Morgan fingerprint density at radius 2 is 2.10 bits per heavy atom. The number of hydrogen-bond donors (Lipinski definition) is 1. The molecule has 2 N–H and O–H groups in total. The first-order chi connectivity index (χ1) is 10.3. The molecule has 1 saturated heterocycles. The van der Waals surface area contributed by atoms with E-state index in [1.54, 1.807) is 0 Å². The molecule has 116 valence electrons. The Balaban J connectivity index is 1.59.